The van der Waals surface area contributed by atoms with Crippen LogP contribution in [0.4, 0.5) is 27.1 Å². The van der Waals surface area contributed by atoms with Crippen LogP contribution in [-0.4, -0.2) is 24.7 Å². The van der Waals surface area contributed by atoms with Gasteiger partial charge in [0.1, 0.15) is 11.6 Å². The number of hydrogen-bond acceptors (Lipinski definition) is 6. The van der Waals surface area contributed by atoms with Gasteiger partial charge in [-0.3, -0.25) is 23.4 Å². The second-order valence-electron chi connectivity index (χ2n) is 7.50. The molecule has 1 atom stereocenters. The van der Waals surface area contributed by atoms with Crippen molar-refractivity contribution < 1.29 is 28.0 Å². The molecule has 0 bridgehead atoms. The van der Waals surface area contributed by atoms with Crippen molar-refractivity contribution in [1.82, 2.24) is 0 Å². The standard InChI is InChI=1S/C25H18FN3O6S/c26-18-9-12-20(13-10-18)28(36(34)35)23-15-19(11-14-24(23)30)27-25(31)17-7-5-16(6-8-17)21-3-1-2-4-22(21)29(32)33/h1-15,30H,(H,27,31)(H,34,35)/p-1. The van der Waals surface area contributed by atoms with E-state index >= 15 is 0 Å². The number of carbonyl (C=O) groups is 1. The molecule has 0 aliphatic rings. The first-order valence-corrected chi connectivity index (χ1v) is 11.4. The number of hydrogen-bond donors (Lipinski definition) is 2. The third-order valence-electron chi connectivity index (χ3n) is 5.22. The average molecular weight is 506 g/mol. The molecule has 0 heterocycles. The summed E-state index contributed by atoms with van der Waals surface area (Å²) in [6, 6.07) is 20.9. The van der Waals surface area contributed by atoms with Crippen molar-refractivity contribution in [2.45, 2.75) is 0 Å². The summed E-state index contributed by atoms with van der Waals surface area (Å²) in [5, 5.41) is 24.2. The number of nitro groups is 1. The lowest BCUT2D eigenvalue weighted by atomic mass is 10.0. The van der Waals surface area contributed by atoms with Crippen LogP contribution < -0.4 is 9.62 Å². The van der Waals surface area contributed by atoms with Crippen molar-refractivity contribution in [2.75, 3.05) is 9.62 Å². The lowest BCUT2D eigenvalue weighted by molar-refractivity contribution is -0.384. The Hall–Kier alpha value is -4.61. The molecule has 11 heteroatoms. The highest BCUT2D eigenvalue weighted by molar-refractivity contribution is 7.81. The molecule has 9 nitrogen and oxygen atoms in total. The van der Waals surface area contributed by atoms with Gasteiger partial charge in [0.15, 0.2) is 0 Å². The zero-order valence-corrected chi connectivity index (χ0v) is 19.1. The first-order valence-electron chi connectivity index (χ1n) is 10.4. The number of halogens is 1. The van der Waals surface area contributed by atoms with Gasteiger partial charge in [0.2, 0.25) is 0 Å². The van der Waals surface area contributed by atoms with Crippen molar-refractivity contribution in [1.29, 1.82) is 0 Å². The van der Waals surface area contributed by atoms with E-state index in [2.05, 4.69) is 5.32 Å². The van der Waals surface area contributed by atoms with Gasteiger partial charge >= 0.3 is 0 Å². The molecule has 0 fully saturated rings. The molecule has 0 aromatic heterocycles. The topological polar surface area (TPSA) is 136 Å². The predicted octanol–water partition coefficient (Wildman–Crippen LogP) is 5.29. The third kappa shape index (κ3) is 5.22. The van der Waals surface area contributed by atoms with Crippen LogP contribution >= 0.6 is 0 Å². The van der Waals surface area contributed by atoms with Crippen molar-refractivity contribution in [3.63, 3.8) is 0 Å². The van der Waals surface area contributed by atoms with E-state index in [0.717, 1.165) is 16.4 Å². The van der Waals surface area contributed by atoms with Gasteiger partial charge in [-0.2, -0.15) is 0 Å². The molecular weight excluding hydrogens is 489 g/mol. The number of amides is 1. The van der Waals surface area contributed by atoms with Crippen molar-refractivity contribution in [3.8, 4) is 16.9 Å². The molecule has 182 valence electrons. The first-order chi connectivity index (χ1) is 17.2. The fraction of sp³-hybridized carbons (Fsp3) is 0. The highest BCUT2D eigenvalue weighted by Gasteiger charge is 2.18. The number of phenolic OH excluding ortho intramolecular Hbond substituents is 1. The number of phenols is 1. The summed E-state index contributed by atoms with van der Waals surface area (Å²) in [6.07, 6.45) is 0. The molecule has 0 saturated heterocycles. The van der Waals surface area contributed by atoms with E-state index in [1.807, 2.05) is 0 Å². The molecule has 4 aromatic carbocycles. The Labute approximate surface area is 207 Å². The minimum absolute atomic E-state index is 0.0622. The highest BCUT2D eigenvalue weighted by atomic mass is 32.2. The fourth-order valence-corrected chi connectivity index (χ4v) is 4.13. The Morgan fingerprint density at radius 2 is 1.64 bits per heavy atom. The summed E-state index contributed by atoms with van der Waals surface area (Å²) in [5.41, 5.74) is 1.26. The van der Waals surface area contributed by atoms with Crippen molar-refractivity contribution in [2.24, 2.45) is 0 Å². The molecule has 0 aliphatic heterocycles. The van der Waals surface area contributed by atoms with Gasteiger partial charge in [-0.25, -0.2) is 4.39 Å². The molecule has 1 unspecified atom stereocenters. The number of aromatic hydroxyl groups is 1. The minimum Gasteiger partial charge on any atom is -0.755 e. The Kier molecular flexibility index (Phi) is 7.04. The van der Waals surface area contributed by atoms with Crippen LogP contribution in [0.15, 0.2) is 91.0 Å². The maximum Gasteiger partial charge on any atom is 0.277 e. The molecule has 2 N–H and O–H groups in total. The summed E-state index contributed by atoms with van der Waals surface area (Å²) >= 11 is -2.87. The number of rotatable bonds is 7. The lowest BCUT2D eigenvalue weighted by Crippen LogP contribution is -2.20. The second-order valence-corrected chi connectivity index (χ2v) is 8.30. The van der Waals surface area contributed by atoms with Crippen LogP contribution in [0.2, 0.25) is 0 Å². The molecule has 4 rings (SSSR count). The van der Waals surface area contributed by atoms with E-state index in [1.165, 1.54) is 48.5 Å². The van der Waals surface area contributed by atoms with Gasteiger partial charge in [0, 0.05) is 17.3 Å². The summed E-state index contributed by atoms with van der Waals surface area (Å²) in [5.74, 6) is -1.47. The first kappa shape index (κ1) is 24.5. The van der Waals surface area contributed by atoms with E-state index in [0.29, 0.717) is 11.1 Å². The highest BCUT2D eigenvalue weighted by Crippen LogP contribution is 2.36. The zero-order valence-electron chi connectivity index (χ0n) is 18.3. The summed E-state index contributed by atoms with van der Waals surface area (Å²) in [6.45, 7) is 0. The molecule has 4 aromatic rings. The van der Waals surface area contributed by atoms with E-state index in [1.54, 1.807) is 30.3 Å². The average Bonchev–Trinajstić information content (AvgIpc) is 2.87. The molecule has 1 amide bonds. The van der Waals surface area contributed by atoms with Crippen LogP contribution in [0.1, 0.15) is 10.4 Å². The molecular formula is C25H17FN3O6S-. The monoisotopic (exact) mass is 506 g/mol. The van der Waals surface area contributed by atoms with Crippen molar-refractivity contribution >= 4 is 39.9 Å². The van der Waals surface area contributed by atoms with E-state index in [4.69, 9.17) is 0 Å². The number of anilines is 3. The summed E-state index contributed by atoms with van der Waals surface area (Å²) in [4.78, 5) is 23.6. The fourth-order valence-electron chi connectivity index (χ4n) is 3.53. The van der Waals surface area contributed by atoms with Crippen LogP contribution in [0.3, 0.4) is 0 Å². The SMILES string of the molecule is O=C(Nc1ccc(O)c(N(c2ccc(F)cc2)S(=O)[O-])c1)c1ccc(-c2ccccc2[N+](=O)[O-])cc1. The maximum absolute atomic E-state index is 13.3. The van der Waals surface area contributed by atoms with Crippen molar-refractivity contribution in [3.05, 3.63) is 112 Å². The van der Waals surface area contributed by atoms with E-state index in [9.17, 15) is 33.2 Å². The molecule has 36 heavy (non-hydrogen) atoms. The zero-order chi connectivity index (χ0) is 25.8. The lowest BCUT2D eigenvalue weighted by Gasteiger charge is -2.27. The Morgan fingerprint density at radius 3 is 2.28 bits per heavy atom. The summed E-state index contributed by atoms with van der Waals surface area (Å²) in [7, 11) is 0. The minimum atomic E-state index is -2.87. The molecule has 0 radical (unpaired) electrons. The second kappa shape index (κ2) is 10.3. The number of benzene rings is 4. The number of nitro benzene ring substituents is 1. The van der Waals surface area contributed by atoms with Crippen LogP contribution in [-0.2, 0) is 11.3 Å². The Morgan fingerprint density at radius 1 is 0.972 bits per heavy atom. The maximum atomic E-state index is 13.3. The normalized spacial score (nSPS) is 11.5. The predicted molar refractivity (Wildman–Crippen MR) is 132 cm³/mol. The van der Waals surface area contributed by atoms with Gasteiger partial charge in [0.25, 0.3) is 11.6 Å². The number of carbonyl (C=O) groups excluding carboxylic acids is 1. The third-order valence-corrected chi connectivity index (χ3v) is 5.93. The van der Waals surface area contributed by atoms with Gasteiger partial charge in [-0.05, 0) is 66.2 Å². The van der Waals surface area contributed by atoms with Crippen LogP contribution in [0, 0.1) is 15.9 Å². The Bertz CT molecular complexity index is 1460. The van der Waals surface area contributed by atoms with E-state index < -0.39 is 27.9 Å². The summed E-state index contributed by atoms with van der Waals surface area (Å²) < 4.78 is 37.8. The number of nitrogens with zero attached hydrogens (tertiary/aromatic N) is 2. The molecule has 0 spiro atoms. The Balaban J connectivity index is 1.58. The molecule has 0 saturated carbocycles. The van der Waals surface area contributed by atoms with Gasteiger partial charge in [0.05, 0.1) is 33.1 Å². The number of nitrogens with one attached hydrogen (secondary N) is 1. The van der Waals surface area contributed by atoms with E-state index in [-0.39, 0.29) is 34.1 Å². The van der Waals surface area contributed by atoms with Crippen LogP contribution in [0.5, 0.6) is 5.75 Å². The largest absolute Gasteiger partial charge is 0.755 e. The van der Waals surface area contributed by atoms with Gasteiger partial charge in [-0.15, -0.1) is 0 Å². The van der Waals surface area contributed by atoms with Crippen LogP contribution in [0.25, 0.3) is 11.1 Å². The smallest absolute Gasteiger partial charge is 0.277 e. The number of para-hydroxylation sites is 1. The molecule has 0 aliphatic carbocycles. The quantitative estimate of drug-likeness (QED) is 0.151. The van der Waals surface area contributed by atoms with Gasteiger partial charge in [-0.1, -0.05) is 24.3 Å². The van der Waals surface area contributed by atoms with Gasteiger partial charge < -0.3 is 15.0 Å².